The first kappa shape index (κ1) is 18.7. The summed E-state index contributed by atoms with van der Waals surface area (Å²) in [7, 11) is 0. The number of amides is 1. The van der Waals surface area contributed by atoms with Crippen LogP contribution in [0.25, 0.3) is 0 Å². The fourth-order valence-corrected chi connectivity index (χ4v) is 2.26. The van der Waals surface area contributed by atoms with E-state index in [1.165, 1.54) is 13.1 Å². The molecule has 1 amide bonds. The number of nitrogens with one attached hydrogen (secondary N) is 1. The molecule has 25 heavy (non-hydrogen) atoms. The van der Waals surface area contributed by atoms with Crippen LogP contribution in [0, 0.1) is 13.8 Å². The van der Waals surface area contributed by atoms with Gasteiger partial charge >= 0.3 is 5.97 Å². The second-order valence-electron chi connectivity index (χ2n) is 5.52. The molecule has 2 rings (SSSR count). The molecular formula is C18H19ClN2O4. The van der Waals surface area contributed by atoms with Crippen LogP contribution in [0.2, 0.25) is 5.15 Å². The number of rotatable bonds is 6. The molecule has 1 heterocycles. The zero-order chi connectivity index (χ0) is 18.4. The number of ether oxygens (including phenoxy) is 2. The SMILES string of the molecule is Cc1ccc(OCC(=O)O[C@@H](C)C(=O)Nc2cccnc2Cl)c(C)c1. The van der Waals surface area contributed by atoms with Gasteiger partial charge in [0.1, 0.15) is 5.75 Å². The van der Waals surface area contributed by atoms with Crippen molar-refractivity contribution in [3.8, 4) is 5.75 Å². The maximum Gasteiger partial charge on any atom is 0.344 e. The third-order valence-electron chi connectivity index (χ3n) is 3.37. The number of nitrogens with zero attached hydrogens (tertiary/aromatic N) is 1. The minimum Gasteiger partial charge on any atom is -0.482 e. The molecule has 0 bridgehead atoms. The van der Waals surface area contributed by atoms with Gasteiger partial charge in [-0.3, -0.25) is 4.79 Å². The highest BCUT2D eigenvalue weighted by Gasteiger charge is 2.19. The summed E-state index contributed by atoms with van der Waals surface area (Å²) in [6.07, 6.45) is 0.512. The highest BCUT2D eigenvalue weighted by atomic mass is 35.5. The molecule has 0 aliphatic carbocycles. The Morgan fingerprint density at radius 1 is 1.28 bits per heavy atom. The van der Waals surface area contributed by atoms with Crippen LogP contribution in [0.3, 0.4) is 0 Å². The standard InChI is InChI=1S/C18H19ClN2O4/c1-11-6-7-15(12(2)9-11)24-10-16(22)25-13(3)18(23)21-14-5-4-8-20-17(14)19/h4-9,13H,10H2,1-3H3,(H,21,23)/t13-/m0/s1. The summed E-state index contributed by atoms with van der Waals surface area (Å²) in [6.45, 7) is 5.05. The van der Waals surface area contributed by atoms with E-state index >= 15 is 0 Å². The van der Waals surface area contributed by atoms with Gasteiger partial charge in [0.25, 0.3) is 5.91 Å². The Labute approximate surface area is 151 Å². The minimum atomic E-state index is -0.994. The smallest absolute Gasteiger partial charge is 0.344 e. The van der Waals surface area contributed by atoms with Gasteiger partial charge in [0.05, 0.1) is 5.69 Å². The van der Waals surface area contributed by atoms with Crippen molar-refractivity contribution in [2.75, 3.05) is 11.9 Å². The topological polar surface area (TPSA) is 77.5 Å². The van der Waals surface area contributed by atoms with Crippen LogP contribution >= 0.6 is 11.6 Å². The summed E-state index contributed by atoms with van der Waals surface area (Å²) in [5, 5.41) is 2.71. The molecule has 0 aliphatic rings. The molecule has 132 valence electrons. The van der Waals surface area contributed by atoms with Crippen molar-refractivity contribution in [1.29, 1.82) is 0 Å². The van der Waals surface area contributed by atoms with Gasteiger partial charge < -0.3 is 14.8 Å². The van der Waals surface area contributed by atoms with E-state index in [2.05, 4.69) is 10.3 Å². The number of benzene rings is 1. The van der Waals surface area contributed by atoms with Gasteiger partial charge in [-0.25, -0.2) is 9.78 Å². The van der Waals surface area contributed by atoms with Crippen molar-refractivity contribution >= 4 is 29.2 Å². The predicted octanol–water partition coefficient (Wildman–Crippen LogP) is 3.30. The number of anilines is 1. The second kappa shape index (κ2) is 8.48. The summed E-state index contributed by atoms with van der Waals surface area (Å²) in [5.41, 5.74) is 2.38. The van der Waals surface area contributed by atoms with Gasteiger partial charge in [0, 0.05) is 6.20 Å². The molecule has 2 aromatic rings. The number of hydrogen-bond donors (Lipinski definition) is 1. The lowest BCUT2D eigenvalue weighted by atomic mass is 10.1. The monoisotopic (exact) mass is 362 g/mol. The van der Waals surface area contributed by atoms with Gasteiger partial charge in [-0.1, -0.05) is 29.3 Å². The second-order valence-corrected chi connectivity index (χ2v) is 5.88. The Balaban J connectivity index is 1.85. The predicted molar refractivity (Wildman–Crippen MR) is 94.8 cm³/mol. The highest BCUT2D eigenvalue weighted by Crippen LogP contribution is 2.19. The maximum atomic E-state index is 12.1. The Morgan fingerprint density at radius 3 is 2.72 bits per heavy atom. The van der Waals surface area contributed by atoms with Crippen LogP contribution < -0.4 is 10.1 Å². The van der Waals surface area contributed by atoms with Crippen molar-refractivity contribution in [3.63, 3.8) is 0 Å². The molecule has 0 saturated carbocycles. The summed E-state index contributed by atoms with van der Waals surface area (Å²) in [6, 6.07) is 8.87. The van der Waals surface area contributed by atoms with Crippen LogP contribution in [-0.2, 0) is 14.3 Å². The van der Waals surface area contributed by atoms with E-state index < -0.39 is 18.0 Å². The molecule has 1 N–H and O–H groups in total. The fourth-order valence-electron chi connectivity index (χ4n) is 2.10. The summed E-state index contributed by atoms with van der Waals surface area (Å²) < 4.78 is 10.5. The fraction of sp³-hybridized carbons (Fsp3) is 0.278. The number of esters is 1. The van der Waals surface area contributed by atoms with E-state index in [9.17, 15) is 9.59 Å². The minimum absolute atomic E-state index is 0.160. The summed E-state index contributed by atoms with van der Waals surface area (Å²) >= 11 is 5.87. The van der Waals surface area contributed by atoms with E-state index in [4.69, 9.17) is 21.1 Å². The first-order chi connectivity index (χ1) is 11.9. The molecular weight excluding hydrogens is 344 g/mol. The van der Waals surface area contributed by atoms with Crippen molar-refractivity contribution < 1.29 is 19.1 Å². The number of hydrogen-bond acceptors (Lipinski definition) is 5. The third kappa shape index (κ3) is 5.46. The number of aryl methyl sites for hydroxylation is 2. The van der Waals surface area contributed by atoms with E-state index in [-0.39, 0.29) is 11.8 Å². The van der Waals surface area contributed by atoms with Gasteiger partial charge in [0.2, 0.25) is 0 Å². The molecule has 0 saturated heterocycles. The van der Waals surface area contributed by atoms with Crippen LogP contribution in [0.15, 0.2) is 36.5 Å². The van der Waals surface area contributed by atoms with Crippen molar-refractivity contribution in [2.45, 2.75) is 26.9 Å². The highest BCUT2D eigenvalue weighted by molar-refractivity contribution is 6.32. The molecule has 1 aromatic carbocycles. The molecule has 0 fully saturated rings. The van der Waals surface area contributed by atoms with E-state index in [0.29, 0.717) is 11.4 Å². The van der Waals surface area contributed by atoms with Crippen LogP contribution in [0.5, 0.6) is 5.75 Å². The zero-order valence-corrected chi connectivity index (χ0v) is 15.0. The van der Waals surface area contributed by atoms with Gasteiger partial charge in [0.15, 0.2) is 17.9 Å². The summed E-state index contributed by atoms with van der Waals surface area (Å²) in [5.74, 6) is -0.545. The molecule has 1 atom stereocenters. The Morgan fingerprint density at radius 2 is 2.04 bits per heavy atom. The largest absolute Gasteiger partial charge is 0.482 e. The Kier molecular flexibility index (Phi) is 6.36. The lowest BCUT2D eigenvalue weighted by Crippen LogP contribution is -2.31. The van der Waals surface area contributed by atoms with Crippen molar-refractivity contribution in [2.24, 2.45) is 0 Å². The molecule has 0 radical (unpaired) electrons. The van der Waals surface area contributed by atoms with Crippen molar-refractivity contribution in [1.82, 2.24) is 4.98 Å². The number of aromatic nitrogens is 1. The van der Waals surface area contributed by atoms with E-state index in [1.807, 2.05) is 26.0 Å². The number of carbonyl (C=O) groups is 2. The quantitative estimate of drug-likeness (QED) is 0.630. The Bertz CT molecular complexity index is 779. The molecule has 0 aliphatic heterocycles. The molecule has 6 nitrogen and oxygen atoms in total. The van der Waals surface area contributed by atoms with Gasteiger partial charge in [-0.2, -0.15) is 0 Å². The van der Waals surface area contributed by atoms with Gasteiger partial charge in [-0.15, -0.1) is 0 Å². The lowest BCUT2D eigenvalue weighted by molar-refractivity contribution is -0.155. The Hall–Kier alpha value is -2.60. The first-order valence-corrected chi connectivity index (χ1v) is 8.05. The first-order valence-electron chi connectivity index (χ1n) is 7.67. The van der Waals surface area contributed by atoms with Crippen molar-refractivity contribution in [3.05, 3.63) is 52.8 Å². The van der Waals surface area contributed by atoms with Gasteiger partial charge in [-0.05, 0) is 44.5 Å². The number of halogens is 1. The normalized spacial score (nSPS) is 11.5. The number of carbonyl (C=O) groups excluding carboxylic acids is 2. The van der Waals surface area contributed by atoms with E-state index in [1.54, 1.807) is 18.2 Å². The average Bonchev–Trinajstić information content (AvgIpc) is 2.56. The summed E-state index contributed by atoms with van der Waals surface area (Å²) in [4.78, 5) is 27.8. The zero-order valence-electron chi connectivity index (χ0n) is 14.2. The average molecular weight is 363 g/mol. The van der Waals surface area contributed by atoms with E-state index in [0.717, 1.165) is 11.1 Å². The lowest BCUT2D eigenvalue weighted by Gasteiger charge is -2.14. The molecule has 0 unspecified atom stereocenters. The molecule has 7 heteroatoms. The molecule has 0 spiro atoms. The van der Waals surface area contributed by atoms with Crippen LogP contribution in [-0.4, -0.2) is 29.6 Å². The molecule has 1 aromatic heterocycles. The van der Waals surface area contributed by atoms with Crippen LogP contribution in [0.1, 0.15) is 18.1 Å². The maximum absolute atomic E-state index is 12.1. The number of pyridine rings is 1. The van der Waals surface area contributed by atoms with Crippen LogP contribution in [0.4, 0.5) is 5.69 Å². The third-order valence-corrected chi connectivity index (χ3v) is 3.67.